The molecule has 1 saturated heterocycles. The van der Waals surface area contributed by atoms with Crippen molar-refractivity contribution in [3.63, 3.8) is 0 Å². The highest BCUT2D eigenvalue weighted by Gasteiger charge is 2.39. The summed E-state index contributed by atoms with van der Waals surface area (Å²) in [6.45, 7) is 8.05. The predicted molar refractivity (Wildman–Crippen MR) is 156 cm³/mol. The number of halogens is 1. The Morgan fingerprint density at radius 3 is 2.51 bits per heavy atom. The Labute approximate surface area is 239 Å². The van der Waals surface area contributed by atoms with Crippen LogP contribution >= 0.6 is 23.7 Å². The van der Waals surface area contributed by atoms with Crippen LogP contribution in [0.5, 0.6) is 0 Å². The summed E-state index contributed by atoms with van der Waals surface area (Å²) in [5.41, 5.74) is 7.14. The largest absolute Gasteiger partial charge is 0.343 e. The van der Waals surface area contributed by atoms with Crippen molar-refractivity contribution in [1.82, 2.24) is 10.6 Å². The van der Waals surface area contributed by atoms with Gasteiger partial charge in [-0.05, 0) is 55.7 Å². The predicted octanol–water partition coefficient (Wildman–Crippen LogP) is 3.14. The van der Waals surface area contributed by atoms with Gasteiger partial charge in [-0.3, -0.25) is 19.2 Å². The van der Waals surface area contributed by atoms with Crippen molar-refractivity contribution >= 4 is 58.7 Å². The van der Waals surface area contributed by atoms with Crippen molar-refractivity contribution < 1.29 is 19.2 Å². The van der Waals surface area contributed by atoms with Gasteiger partial charge in [-0.15, -0.1) is 23.7 Å². The van der Waals surface area contributed by atoms with Gasteiger partial charge in [0.2, 0.25) is 23.6 Å². The molecule has 11 heteroatoms. The molecule has 39 heavy (non-hydrogen) atoms. The highest BCUT2D eigenvalue weighted by molar-refractivity contribution is 7.09. The quantitative estimate of drug-likeness (QED) is 0.424. The molecule has 1 aromatic carbocycles. The number of rotatable bonds is 9. The lowest BCUT2D eigenvalue weighted by molar-refractivity contribution is -0.133. The summed E-state index contributed by atoms with van der Waals surface area (Å²) in [6.07, 6.45) is 1.97. The Morgan fingerprint density at radius 1 is 1.18 bits per heavy atom. The molecular weight excluding hydrogens is 538 g/mol. The van der Waals surface area contributed by atoms with Crippen molar-refractivity contribution in [3.05, 3.63) is 46.2 Å². The molecule has 1 aromatic heterocycles. The van der Waals surface area contributed by atoms with Gasteiger partial charge < -0.3 is 26.2 Å². The zero-order chi connectivity index (χ0) is 27.6. The van der Waals surface area contributed by atoms with Gasteiger partial charge in [-0.1, -0.05) is 32.0 Å². The molecule has 2 aromatic rings. The average molecular weight is 576 g/mol. The van der Waals surface area contributed by atoms with Crippen LogP contribution < -0.4 is 26.2 Å². The van der Waals surface area contributed by atoms with E-state index in [4.69, 9.17) is 5.73 Å². The van der Waals surface area contributed by atoms with Gasteiger partial charge in [0.1, 0.15) is 12.1 Å². The Balaban J connectivity index is 0.00000420. The second-order valence-corrected chi connectivity index (χ2v) is 12.1. The number of nitrogens with one attached hydrogen (secondary N) is 2. The smallest absolute Gasteiger partial charge is 0.250 e. The molecule has 2 aliphatic heterocycles. The molecule has 0 bridgehead atoms. The molecule has 212 valence electrons. The Hall–Kier alpha value is -2.95. The van der Waals surface area contributed by atoms with Crippen molar-refractivity contribution in [1.29, 1.82) is 0 Å². The summed E-state index contributed by atoms with van der Waals surface area (Å²) in [6, 6.07) is 7.99. The van der Waals surface area contributed by atoms with Crippen molar-refractivity contribution in [3.8, 4) is 0 Å². The zero-order valence-electron chi connectivity index (χ0n) is 22.9. The second kappa shape index (κ2) is 12.5. The van der Waals surface area contributed by atoms with Gasteiger partial charge in [0.25, 0.3) is 0 Å². The van der Waals surface area contributed by atoms with E-state index in [0.29, 0.717) is 32.4 Å². The zero-order valence-corrected chi connectivity index (χ0v) is 24.5. The molecule has 1 fully saturated rings. The number of hydrogen-bond donors (Lipinski definition) is 3. The summed E-state index contributed by atoms with van der Waals surface area (Å²) in [5.74, 6) is -0.914. The van der Waals surface area contributed by atoms with E-state index in [1.54, 1.807) is 35.0 Å². The highest BCUT2D eigenvalue weighted by Crippen LogP contribution is 2.40. The fraction of sp³-hybridized carbons (Fsp3) is 0.500. The number of hydrogen-bond acceptors (Lipinski definition) is 6. The average Bonchev–Trinajstić information content (AvgIpc) is 3.51. The molecule has 2 aliphatic rings. The molecule has 4 amide bonds. The van der Waals surface area contributed by atoms with E-state index in [2.05, 4.69) is 10.6 Å². The first-order chi connectivity index (χ1) is 18.0. The molecule has 3 heterocycles. The number of carbonyl (C=O) groups excluding carboxylic acids is 4. The maximum absolute atomic E-state index is 13.9. The van der Waals surface area contributed by atoms with Gasteiger partial charge in [0.05, 0.1) is 23.5 Å². The normalized spacial score (nSPS) is 18.1. The number of nitrogens with zero attached hydrogens (tertiary/aromatic N) is 2. The maximum Gasteiger partial charge on any atom is 0.250 e. The van der Waals surface area contributed by atoms with E-state index < -0.39 is 29.4 Å². The Kier molecular flexibility index (Phi) is 9.79. The standard InChI is InChI=1S/C28H37N5O4S.ClH/c1-17(2)14-20(31-27(37)28(3,4)29)25(35)30-21-15-18-8-5-10-22(32-12-6-11-23(32)34)24(18)33(26(21)36)16-19-9-7-13-38-19;/h5,7-10,13,17,20-21H,6,11-12,14-16,29H2,1-4H3,(H,30,35)(H,31,37);1H/t20-,21?;/m1./s1. The molecule has 9 nitrogen and oxygen atoms in total. The van der Waals surface area contributed by atoms with Gasteiger partial charge in [0, 0.05) is 24.3 Å². The molecule has 0 saturated carbocycles. The number of carbonyl (C=O) groups is 4. The number of benzene rings is 1. The van der Waals surface area contributed by atoms with E-state index in [1.165, 1.54) is 0 Å². The number of fused-ring (bicyclic) bond motifs is 1. The lowest BCUT2D eigenvalue weighted by Crippen LogP contribution is -2.59. The molecule has 4 rings (SSSR count). The van der Waals surface area contributed by atoms with Crippen LogP contribution in [0.4, 0.5) is 11.4 Å². The number of nitrogens with two attached hydrogens (primary N) is 1. The fourth-order valence-corrected chi connectivity index (χ4v) is 5.62. The number of amides is 4. The van der Waals surface area contributed by atoms with E-state index in [1.807, 2.05) is 49.6 Å². The van der Waals surface area contributed by atoms with Crippen LogP contribution in [-0.2, 0) is 32.1 Å². The molecule has 4 N–H and O–H groups in total. The van der Waals surface area contributed by atoms with Crippen LogP contribution in [0.25, 0.3) is 0 Å². The van der Waals surface area contributed by atoms with E-state index in [-0.39, 0.29) is 30.1 Å². The minimum absolute atomic E-state index is 0. The third kappa shape index (κ3) is 6.98. The van der Waals surface area contributed by atoms with Crippen LogP contribution in [-0.4, -0.2) is 47.8 Å². The molecule has 2 atom stereocenters. The van der Waals surface area contributed by atoms with Gasteiger partial charge in [-0.25, -0.2) is 0 Å². The molecule has 0 spiro atoms. The first kappa shape index (κ1) is 30.6. The first-order valence-corrected chi connectivity index (χ1v) is 14.0. The van der Waals surface area contributed by atoms with Gasteiger partial charge in [0.15, 0.2) is 0 Å². The minimum atomic E-state index is -1.14. The second-order valence-electron chi connectivity index (χ2n) is 11.1. The summed E-state index contributed by atoms with van der Waals surface area (Å²) in [5, 5.41) is 7.64. The fourth-order valence-electron chi connectivity index (χ4n) is 4.93. The maximum atomic E-state index is 13.9. The lowest BCUT2D eigenvalue weighted by Gasteiger charge is -2.37. The van der Waals surface area contributed by atoms with Crippen LogP contribution in [0.15, 0.2) is 35.7 Å². The monoisotopic (exact) mass is 575 g/mol. The summed E-state index contributed by atoms with van der Waals surface area (Å²) < 4.78 is 0. The number of thiophene rings is 1. The van der Waals surface area contributed by atoms with Gasteiger partial charge >= 0.3 is 0 Å². The van der Waals surface area contributed by atoms with Gasteiger partial charge in [-0.2, -0.15) is 0 Å². The summed E-state index contributed by atoms with van der Waals surface area (Å²) >= 11 is 1.55. The molecule has 1 unspecified atom stereocenters. The third-order valence-electron chi connectivity index (χ3n) is 6.85. The van der Waals surface area contributed by atoms with Crippen molar-refractivity contribution in [2.75, 3.05) is 16.3 Å². The summed E-state index contributed by atoms with van der Waals surface area (Å²) in [4.78, 5) is 57.0. The van der Waals surface area contributed by atoms with Crippen LogP contribution in [0.3, 0.4) is 0 Å². The first-order valence-electron chi connectivity index (χ1n) is 13.1. The SMILES string of the molecule is CC(C)C[C@@H](NC(=O)C(C)(C)N)C(=O)NC1Cc2cccc(N3CCCC3=O)c2N(Cc2cccs2)C1=O.Cl. The molecule has 0 radical (unpaired) electrons. The van der Waals surface area contributed by atoms with Crippen LogP contribution in [0.2, 0.25) is 0 Å². The number of anilines is 2. The molecular formula is C28H38ClN5O4S. The summed E-state index contributed by atoms with van der Waals surface area (Å²) in [7, 11) is 0. The van der Waals surface area contributed by atoms with E-state index in [9.17, 15) is 19.2 Å². The Bertz CT molecular complexity index is 1210. The van der Waals surface area contributed by atoms with Crippen LogP contribution in [0.1, 0.15) is 57.4 Å². The van der Waals surface area contributed by atoms with Crippen molar-refractivity contribution in [2.24, 2.45) is 11.7 Å². The lowest BCUT2D eigenvalue weighted by atomic mass is 9.94. The van der Waals surface area contributed by atoms with Crippen molar-refractivity contribution in [2.45, 2.75) is 77.5 Å². The number of para-hydroxylation sites is 1. The highest BCUT2D eigenvalue weighted by atomic mass is 35.5. The van der Waals surface area contributed by atoms with Crippen LogP contribution in [0, 0.1) is 5.92 Å². The topological polar surface area (TPSA) is 125 Å². The minimum Gasteiger partial charge on any atom is -0.343 e. The molecule has 0 aliphatic carbocycles. The van der Waals surface area contributed by atoms with E-state index in [0.717, 1.165) is 28.2 Å². The third-order valence-corrected chi connectivity index (χ3v) is 7.71. The Morgan fingerprint density at radius 2 is 1.92 bits per heavy atom. The van der Waals surface area contributed by atoms with E-state index >= 15 is 0 Å².